The van der Waals surface area contributed by atoms with E-state index < -0.39 is 0 Å². The van der Waals surface area contributed by atoms with Crippen LogP contribution in [0.1, 0.15) is 23.5 Å². The second-order valence-electron chi connectivity index (χ2n) is 7.38. The predicted octanol–water partition coefficient (Wildman–Crippen LogP) is 6.18. The maximum Gasteiger partial charge on any atom is 0.174 e. The molecule has 1 saturated heterocycles. The van der Waals surface area contributed by atoms with E-state index in [0.717, 1.165) is 28.5 Å². The zero-order valence-corrected chi connectivity index (χ0v) is 18.8. The van der Waals surface area contributed by atoms with Crippen LogP contribution < -0.4 is 15.0 Å². The van der Waals surface area contributed by atoms with Gasteiger partial charge < -0.3 is 19.4 Å². The van der Waals surface area contributed by atoms with E-state index in [1.165, 1.54) is 0 Å². The van der Waals surface area contributed by atoms with Crippen molar-refractivity contribution in [2.24, 2.45) is 0 Å². The van der Waals surface area contributed by atoms with Crippen molar-refractivity contribution in [3.05, 3.63) is 102 Å². The number of methoxy groups -OCH3 is 1. The molecule has 2 aromatic carbocycles. The number of hydrogen-bond donors (Lipinski definition) is 1. The Bertz CT molecular complexity index is 1250. The standard InChI is InChI=1S/C25H20ClN3O2S/c1-30-21-11-10-17(15-18(21)26)29-24(23(28-25(29)32)19-9-5-6-14-27-19)22-13-12-20(31-22)16-7-3-2-4-8-16/h2-15,23-24H,1H3,(H,28,32)/t23-,24+/m1/s1. The zero-order chi connectivity index (χ0) is 22.1. The molecule has 0 bridgehead atoms. The summed E-state index contributed by atoms with van der Waals surface area (Å²) in [6.45, 7) is 0. The van der Waals surface area contributed by atoms with Gasteiger partial charge in [-0.2, -0.15) is 0 Å². The number of nitrogens with zero attached hydrogens (tertiary/aromatic N) is 2. The monoisotopic (exact) mass is 461 g/mol. The van der Waals surface area contributed by atoms with Crippen molar-refractivity contribution in [3.63, 3.8) is 0 Å². The normalized spacial score (nSPS) is 17.9. The van der Waals surface area contributed by atoms with E-state index in [2.05, 4.69) is 10.3 Å². The number of ether oxygens (including phenoxy) is 1. The summed E-state index contributed by atoms with van der Waals surface area (Å²) >= 11 is 12.2. The predicted molar refractivity (Wildman–Crippen MR) is 130 cm³/mol. The van der Waals surface area contributed by atoms with E-state index in [-0.39, 0.29) is 12.1 Å². The molecule has 5 nitrogen and oxygen atoms in total. The number of pyridine rings is 1. The molecule has 160 valence electrons. The third-order valence-corrected chi connectivity index (χ3v) is 6.10. The lowest BCUT2D eigenvalue weighted by Crippen LogP contribution is -2.29. The Morgan fingerprint density at radius 3 is 2.56 bits per heavy atom. The highest BCUT2D eigenvalue weighted by Gasteiger charge is 2.42. The van der Waals surface area contributed by atoms with Crippen molar-refractivity contribution in [3.8, 4) is 17.1 Å². The quantitative estimate of drug-likeness (QED) is 0.358. The number of anilines is 1. The van der Waals surface area contributed by atoms with E-state index in [1.807, 2.05) is 83.8 Å². The molecule has 1 N–H and O–H groups in total. The number of nitrogens with one attached hydrogen (secondary N) is 1. The van der Waals surface area contributed by atoms with Gasteiger partial charge in [-0.15, -0.1) is 0 Å². The number of halogens is 1. The van der Waals surface area contributed by atoms with Crippen LogP contribution in [0.5, 0.6) is 5.75 Å². The summed E-state index contributed by atoms with van der Waals surface area (Å²) in [6, 6.07) is 25.0. The third kappa shape index (κ3) is 3.72. The van der Waals surface area contributed by atoms with Gasteiger partial charge in [-0.25, -0.2) is 0 Å². The van der Waals surface area contributed by atoms with E-state index >= 15 is 0 Å². The SMILES string of the molecule is COc1ccc(N2C(=S)N[C@H](c3ccccn3)[C@@H]2c2ccc(-c3ccccc3)o2)cc1Cl. The minimum absolute atomic E-state index is 0.195. The van der Waals surface area contributed by atoms with Crippen molar-refractivity contribution in [1.29, 1.82) is 0 Å². The molecule has 0 aliphatic carbocycles. The third-order valence-electron chi connectivity index (χ3n) is 5.49. The van der Waals surface area contributed by atoms with Crippen LogP contribution in [0.2, 0.25) is 5.02 Å². The maximum absolute atomic E-state index is 6.44. The van der Waals surface area contributed by atoms with Crippen LogP contribution in [0.4, 0.5) is 5.69 Å². The average Bonchev–Trinajstić information content (AvgIpc) is 3.45. The van der Waals surface area contributed by atoms with Gasteiger partial charge in [0.2, 0.25) is 0 Å². The summed E-state index contributed by atoms with van der Waals surface area (Å²) in [5, 5.41) is 4.51. The van der Waals surface area contributed by atoms with Gasteiger partial charge in [0, 0.05) is 17.4 Å². The fourth-order valence-electron chi connectivity index (χ4n) is 4.00. The fourth-order valence-corrected chi connectivity index (χ4v) is 4.59. The van der Waals surface area contributed by atoms with Crippen LogP contribution >= 0.6 is 23.8 Å². The molecule has 0 saturated carbocycles. The first-order valence-electron chi connectivity index (χ1n) is 10.1. The molecular weight excluding hydrogens is 442 g/mol. The summed E-state index contributed by atoms with van der Waals surface area (Å²) in [7, 11) is 1.59. The molecule has 1 aliphatic heterocycles. The lowest BCUT2D eigenvalue weighted by Gasteiger charge is -2.26. The van der Waals surface area contributed by atoms with E-state index in [1.54, 1.807) is 13.3 Å². The molecule has 7 heteroatoms. The number of hydrogen-bond acceptors (Lipinski definition) is 4. The molecule has 0 unspecified atom stereocenters. The van der Waals surface area contributed by atoms with Crippen LogP contribution in [-0.4, -0.2) is 17.2 Å². The van der Waals surface area contributed by atoms with Gasteiger partial charge in [0.25, 0.3) is 0 Å². The average molecular weight is 462 g/mol. The highest BCUT2D eigenvalue weighted by molar-refractivity contribution is 7.80. The molecule has 1 aliphatic rings. The first-order valence-corrected chi connectivity index (χ1v) is 10.9. The second-order valence-corrected chi connectivity index (χ2v) is 8.18. The Balaban J connectivity index is 1.60. The highest BCUT2D eigenvalue weighted by atomic mass is 35.5. The molecule has 0 spiro atoms. The second kappa shape index (κ2) is 8.65. The number of benzene rings is 2. The van der Waals surface area contributed by atoms with Gasteiger partial charge >= 0.3 is 0 Å². The van der Waals surface area contributed by atoms with E-state index in [4.69, 9.17) is 33.0 Å². The zero-order valence-electron chi connectivity index (χ0n) is 17.2. The minimum atomic E-state index is -0.251. The van der Waals surface area contributed by atoms with E-state index in [9.17, 15) is 0 Å². The first kappa shape index (κ1) is 20.5. The summed E-state index contributed by atoms with van der Waals surface area (Å²) in [5.74, 6) is 2.18. The van der Waals surface area contributed by atoms with Gasteiger partial charge in [-0.1, -0.05) is 48.0 Å². The van der Waals surface area contributed by atoms with Crippen LogP contribution in [0, 0.1) is 0 Å². The Morgan fingerprint density at radius 1 is 1.03 bits per heavy atom. The first-order chi connectivity index (χ1) is 15.7. The molecule has 3 heterocycles. The molecule has 0 radical (unpaired) electrons. The molecule has 5 rings (SSSR count). The van der Waals surface area contributed by atoms with Crippen molar-refractivity contribution < 1.29 is 9.15 Å². The summed E-state index contributed by atoms with van der Waals surface area (Å²) in [4.78, 5) is 6.59. The molecular formula is C25H20ClN3O2S. The van der Waals surface area contributed by atoms with Crippen LogP contribution in [-0.2, 0) is 0 Å². The number of furan rings is 1. The van der Waals surface area contributed by atoms with Crippen molar-refractivity contribution in [2.45, 2.75) is 12.1 Å². The van der Waals surface area contributed by atoms with Gasteiger partial charge in [-0.05, 0) is 54.7 Å². The number of thiocarbonyl (C=S) groups is 1. The molecule has 4 aromatic rings. The van der Waals surface area contributed by atoms with Crippen LogP contribution in [0.3, 0.4) is 0 Å². The number of rotatable bonds is 5. The molecule has 2 aromatic heterocycles. The van der Waals surface area contributed by atoms with Gasteiger partial charge in [-0.3, -0.25) is 4.98 Å². The topological polar surface area (TPSA) is 50.5 Å². The Labute approximate surface area is 196 Å². The fraction of sp³-hybridized carbons (Fsp3) is 0.120. The Hall–Kier alpha value is -3.35. The highest BCUT2D eigenvalue weighted by Crippen LogP contribution is 2.44. The summed E-state index contributed by atoms with van der Waals surface area (Å²) < 4.78 is 11.7. The van der Waals surface area contributed by atoms with Gasteiger partial charge in [0.15, 0.2) is 5.11 Å². The summed E-state index contributed by atoms with van der Waals surface area (Å²) in [6.07, 6.45) is 1.78. The van der Waals surface area contributed by atoms with Crippen molar-refractivity contribution in [1.82, 2.24) is 10.3 Å². The number of aromatic nitrogens is 1. The minimum Gasteiger partial charge on any atom is -0.495 e. The Kier molecular flexibility index (Phi) is 5.55. The molecule has 2 atom stereocenters. The largest absolute Gasteiger partial charge is 0.495 e. The van der Waals surface area contributed by atoms with Crippen LogP contribution in [0.15, 0.2) is 89.5 Å². The van der Waals surface area contributed by atoms with Crippen molar-refractivity contribution >= 4 is 34.6 Å². The maximum atomic E-state index is 6.44. The van der Waals surface area contributed by atoms with Crippen LogP contribution in [0.25, 0.3) is 11.3 Å². The van der Waals surface area contributed by atoms with Gasteiger partial charge in [0.05, 0.1) is 23.9 Å². The lowest BCUT2D eigenvalue weighted by atomic mass is 10.0. The van der Waals surface area contributed by atoms with E-state index in [0.29, 0.717) is 15.9 Å². The molecule has 1 fully saturated rings. The molecule has 32 heavy (non-hydrogen) atoms. The Morgan fingerprint density at radius 2 is 1.84 bits per heavy atom. The van der Waals surface area contributed by atoms with Crippen molar-refractivity contribution in [2.75, 3.05) is 12.0 Å². The van der Waals surface area contributed by atoms with Gasteiger partial charge in [0.1, 0.15) is 23.3 Å². The summed E-state index contributed by atoms with van der Waals surface area (Å²) in [5.41, 5.74) is 2.73. The smallest absolute Gasteiger partial charge is 0.174 e. The molecule has 0 amide bonds. The lowest BCUT2D eigenvalue weighted by molar-refractivity contribution is 0.415.